The van der Waals surface area contributed by atoms with Crippen molar-refractivity contribution in [3.63, 3.8) is 0 Å². The van der Waals surface area contributed by atoms with Gasteiger partial charge in [-0.2, -0.15) is 0 Å². The van der Waals surface area contributed by atoms with E-state index in [9.17, 15) is 9.59 Å². The van der Waals surface area contributed by atoms with Crippen LogP contribution in [0.25, 0.3) is 10.9 Å². The van der Waals surface area contributed by atoms with Crippen LogP contribution >= 0.6 is 23.2 Å². The topological polar surface area (TPSA) is 96.5 Å². The van der Waals surface area contributed by atoms with Crippen molar-refractivity contribution in [1.82, 2.24) is 19.7 Å². The molecule has 0 atom stereocenters. The van der Waals surface area contributed by atoms with Crippen molar-refractivity contribution in [2.75, 3.05) is 72.0 Å². The van der Waals surface area contributed by atoms with E-state index in [1.165, 1.54) is 4.90 Å². The summed E-state index contributed by atoms with van der Waals surface area (Å²) < 4.78 is 17.2. The van der Waals surface area contributed by atoms with Crippen molar-refractivity contribution in [2.45, 2.75) is 6.42 Å². The number of imide groups is 1. The molecule has 1 aromatic heterocycles. The second kappa shape index (κ2) is 14.1. The molecule has 3 aromatic carbocycles. The number of carbonyl (C=O) groups is 2. The molecule has 1 fully saturated rings. The highest BCUT2D eigenvalue weighted by molar-refractivity contribution is 6.37. The van der Waals surface area contributed by atoms with Crippen LogP contribution in [0.5, 0.6) is 17.2 Å². The van der Waals surface area contributed by atoms with Crippen molar-refractivity contribution in [3.8, 4) is 17.2 Å². The lowest BCUT2D eigenvalue weighted by Crippen LogP contribution is -2.49. The Morgan fingerprint density at radius 2 is 1.43 bits per heavy atom. The van der Waals surface area contributed by atoms with Crippen LogP contribution in [0.2, 0.25) is 10.0 Å². The standard InChI is InChI=1S/C34H35Cl2N5O5/c1-44-30-21-29(25(35)19-26(30)36)38-27-8-9-37-28-20-32(31(45-2)18-24(27)28)46-17-5-10-39-11-13-40(14-12-39)15-16-41-33(42)22-6-3-4-7-23(22)34(41)43/h3-4,6-9,18-21H,5,10-17H2,1-2H3,(H,37,38). The molecule has 4 aromatic rings. The van der Waals surface area contributed by atoms with E-state index >= 15 is 0 Å². The monoisotopic (exact) mass is 663 g/mol. The summed E-state index contributed by atoms with van der Waals surface area (Å²) in [6, 6.07) is 16.1. The maximum absolute atomic E-state index is 12.6. The van der Waals surface area contributed by atoms with E-state index in [1.807, 2.05) is 18.2 Å². The zero-order valence-corrected chi connectivity index (χ0v) is 27.2. The third kappa shape index (κ3) is 6.71. The summed E-state index contributed by atoms with van der Waals surface area (Å²) in [4.78, 5) is 35.9. The summed E-state index contributed by atoms with van der Waals surface area (Å²) in [5.74, 6) is 1.36. The molecule has 0 unspecified atom stereocenters. The number of hydrogen-bond donors (Lipinski definition) is 1. The molecule has 3 heterocycles. The smallest absolute Gasteiger partial charge is 0.261 e. The van der Waals surface area contributed by atoms with Crippen LogP contribution in [0.3, 0.4) is 0 Å². The zero-order chi connectivity index (χ0) is 32.2. The lowest BCUT2D eigenvalue weighted by atomic mass is 10.1. The number of ether oxygens (including phenoxy) is 3. The van der Waals surface area contributed by atoms with Crippen LogP contribution < -0.4 is 19.5 Å². The Kier molecular flexibility index (Phi) is 9.79. The molecular formula is C34H35Cl2N5O5. The Labute approximate surface area is 277 Å². The Bertz CT molecular complexity index is 1730. The summed E-state index contributed by atoms with van der Waals surface area (Å²) >= 11 is 12.7. The number of halogens is 2. The highest BCUT2D eigenvalue weighted by Crippen LogP contribution is 2.39. The van der Waals surface area contributed by atoms with Gasteiger partial charge in [-0.05, 0) is 36.8 Å². The SMILES string of the molecule is COc1cc(Nc2ccnc3cc(OCCCN4CCN(CCN5C(=O)c6ccccc6C5=O)CC4)c(OC)cc23)c(Cl)cc1Cl. The fourth-order valence-electron chi connectivity index (χ4n) is 5.85. The first-order valence-corrected chi connectivity index (χ1v) is 15.9. The number of methoxy groups -OCH3 is 2. The number of carbonyl (C=O) groups excluding carboxylic acids is 2. The molecular weight excluding hydrogens is 629 g/mol. The van der Waals surface area contributed by atoms with Crippen molar-refractivity contribution in [1.29, 1.82) is 0 Å². The Morgan fingerprint density at radius 1 is 0.761 bits per heavy atom. The van der Waals surface area contributed by atoms with Gasteiger partial charge in [0.15, 0.2) is 11.5 Å². The first-order chi connectivity index (χ1) is 22.4. The van der Waals surface area contributed by atoms with E-state index < -0.39 is 0 Å². The lowest BCUT2D eigenvalue weighted by Gasteiger charge is -2.35. The average Bonchev–Trinajstić information content (AvgIpc) is 3.32. The van der Waals surface area contributed by atoms with Crippen LogP contribution in [-0.4, -0.2) is 98.1 Å². The highest BCUT2D eigenvalue weighted by Gasteiger charge is 2.35. The van der Waals surface area contributed by atoms with E-state index in [4.69, 9.17) is 37.4 Å². The van der Waals surface area contributed by atoms with Crippen molar-refractivity contribution < 1.29 is 23.8 Å². The fourth-order valence-corrected chi connectivity index (χ4v) is 6.36. The number of pyridine rings is 1. The maximum atomic E-state index is 12.6. The molecule has 0 radical (unpaired) electrons. The number of aromatic nitrogens is 1. The lowest BCUT2D eigenvalue weighted by molar-refractivity contribution is 0.0613. The maximum Gasteiger partial charge on any atom is 0.261 e. The van der Waals surface area contributed by atoms with Crippen molar-refractivity contribution in [3.05, 3.63) is 82.0 Å². The Hall–Kier alpha value is -4.09. The number of anilines is 2. The van der Waals surface area contributed by atoms with E-state index in [1.54, 1.807) is 56.8 Å². The molecule has 1 saturated heterocycles. The average molecular weight is 665 g/mol. The van der Waals surface area contributed by atoms with Gasteiger partial charge >= 0.3 is 0 Å². The van der Waals surface area contributed by atoms with Crippen LogP contribution in [0, 0.1) is 0 Å². The van der Waals surface area contributed by atoms with Gasteiger partial charge in [0, 0.05) is 75.2 Å². The molecule has 0 saturated carbocycles. The molecule has 12 heteroatoms. The predicted molar refractivity (Wildman–Crippen MR) is 179 cm³/mol. The van der Waals surface area contributed by atoms with E-state index in [0.717, 1.165) is 55.7 Å². The molecule has 0 spiro atoms. The minimum atomic E-state index is -0.195. The number of amides is 2. The van der Waals surface area contributed by atoms with Gasteiger partial charge in [-0.25, -0.2) is 0 Å². The van der Waals surface area contributed by atoms with Gasteiger partial charge in [0.05, 0.1) is 53.2 Å². The quantitative estimate of drug-likeness (QED) is 0.145. The second-order valence-electron chi connectivity index (χ2n) is 11.2. The molecule has 2 aliphatic rings. The van der Waals surface area contributed by atoms with Crippen LogP contribution in [-0.2, 0) is 0 Å². The van der Waals surface area contributed by atoms with E-state index in [-0.39, 0.29) is 11.8 Å². The normalized spacial score (nSPS) is 15.3. The van der Waals surface area contributed by atoms with Gasteiger partial charge in [0.1, 0.15) is 5.75 Å². The van der Waals surface area contributed by atoms with Crippen LogP contribution in [0.15, 0.2) is 60.8 Å². The van der Waals surface area contributed by atoms with Gasteiger partial charge < -0.3 is 24.4 Å². The van der Waals surface area contributed by atoms with E-state index in [2.05, 4.69) is 20.1 Å². The van der Waals surface area contributed by atoms with Crippen LogP contribution in [0.4, 0.5) is 11.4 Å². The summed E-state index contributed by atoms with van der Waals surface area (Å²) in [7, 11) is 3.17. The number of fused-ring (bicyclic) bond motifs is 2. The predicted octanol–water partition coefficient (Wildman–Crippen LogP) is 5.99. The van der Waals surface area contributed by atoms with Gasteiger partial charge in [0.25, 0.3) is 11.8 Å². The number of nitrogens with zero attached hydrogens (tertiary/aromatic N) is 4. The van der Waals surface area contributed by atoms with Gasteiger partial charge in [-0.3, -0.25) is 24.4 Å². The third-order valence-electron chi connectivity index (χ3n) is 8.40. The molecule has 2 amide bonds. The minimum Gasteiger partial charge on any atom is -0.495 e. The van der Waals surface area contributed by atoms with Crippen molar-refractivity contribution in [2.24, 2.45) is 0 Å². The van der Waals surface area contributed by atoms with Gasteiger partial charge in [-0.15, -0.1) is 0 Å². The minimum absolute atomic E-state index is 0.195. The largest absolute Gasteiger partial charge is 0.495 e. The molecule has 1 N–H and O–H groups in total. The number of nitrogens with one attached hydrogen (secondary N) is 1. The molecule has 240 valence electrons. The first-order valence-electron chi connectivity index (χ1n) is 15.2. The molecule has 46 heavy (non-hydrogen) atoms. The summed E-state index contributed by atoms with van der Waals surface area (Å²) in [5, 5.41) is 5.10. The number of benzene rings is 3. The Morgan fingerprint density at radius 3 is 2.11 bits per heavy atom. The second-order valence-corrected chi connectivity index (χ2v) is 12.0. The molecule has 6 rings (SSSR count). The highest BCUT2D eigenvalue weighted by atomic mass is 35.5. The fraction of sp³-hybridized carbons (Fsp3) is 0.324. The molecule has 0 aliphatic carbocycles. The summed E-state index contributed by atoms with van der Waals surface area (Å²) in [6.45, 7) is 6.13. The third-order valence-corrected chi connectivity index (χ3v) is 9.01. The number of piperazine rings is 1. The van der Waals surface area contributed by atoms with Crippen molar-refractivity contribution >= 4 is 57.3 Å². The zero-order valence-electron chi connectivity index (χ0n) is 25.7. The van der Waals surface area contributed by atoms with Gasteiger partial charge in [0.2, 0.25) is 0 Å². The summed E-state index contributed by atoms with van der Waals surface area (Å²) in [5.41, 5.74) is 3.19. The summed E-state index contributed by atoms with van der Waals surface area (Å²) in [6.07, 6.45) is 2.57. The molecule has 10 nitrogen and oxygen atoms in total. The van der Waals surface area contributed by atoms with Crippen LogP contribution in [0.1, 0.15) is 27.1 Å². The molecule has 2 aliphatic heterocycles. The molecule has 0 bridgehead atoms. The first kappa shape index (κ1) is 31.9. The van der Waals surface area contributed by atoms with E-state index in [0.29, 0.717) is 63.8 Å². The number of hydrogen-bond acceptors (Lipinski definition) is 9. The van der Waals surface area contributed by atoms with Gasteiger partial charge in [-0.1, -0.05) is 35.3 Å². The Balaban J connectivity index is 0.988. The number of rotatable bonds is 12.